The number of ether oxygens (including phenoxy) is 1. The molecule has 0 heterocycles. The number of hydrogen-bond acceptors (Lipinski definition) is 2. The number of carbonyl (C=O) groups is 1. The molecule has 2 unspecified atom stereocenters. The summed E-state index contributed by atoms with van der Waals surface area (Å²) in [6.45, 7) is 2.03. The van der Waals surface area contributed by atoms with Crippen molar-refractivity contribution in [2.24, 2.45) is 11.8 Å². The lowest BCUT2D eigenvalue weighted by atomic mass is 9.85. The Morgan fingerprint density at radius 3 is 2.62 bits per heavy atom. The highest BCUT2D eigenvalue weighted by molar-refractivity contribution is 9.09. The normalized spacial score (nSPS) is 27.2. The number of halogens is 1. The van der Waals surface area contributed by atoms with Crippen molar-refractivity contribution in [2.45, 2.75) is 19.8 Å². The Kier molecular flexibility index (Phi) is 4.50. The second kappa shape index (κ2) is 5.43. The van der Waals surface area contributed by atoms with Crippen molar-refractivity contribution in [3.05, 3.63) is 12.2 Å². The van der Waals surface area contributed by atoms with E-state index in [9.17, 15) is 4.79 Å². The van der Waals surface area contributed by atoms with Gasteiger partial charge < -0.3 is 4.74 Å². The molecule has 2 nitrogen and oxygen atoms in total. The molecule has 13 heavy (non-hydrogen) atoms. The maximum Gasteiger partial charge on any atom is 0.302 e. The molecular weight excluding hydrogens is 232 g/mol. The van der Waals surface area contributed by atoms with Gasteiger partial charge in [0.25, 0.3) is 0 Å². The van der Waals surface area contributed by atoms with Gasteiger partial charge in [0.1, 0.15) is 0 Å². The van der Waals surface area contributed by atoms with Crippen molar-refractivity contribution in [3.63, 3.8) is 0 Å². The van der Waals surface area contributed by atoms with Gasteiger partial charge in [-0.05, 0) is 18.8 Å². The molecule has 74 valence electrons. The van der Waals surface area contributed by atoms with E-state index in [1.807, 2.05) is 0 Å². The third-order valence-corrected chi connectivity index (χ3v) is 3.24. The zero-order chi connectivity index (χ0) is 9.68. The van der Waals surface area contributed by atoms with E-state index in [4.69, 9.17) is 4.74 Å². The first-order valence-corrected chi connectivity index (χ1v) is 5.70. The van der Waals surface area contributed by atoms with Gasteiger partial charge in [-0.2, -0.15) is 0 Å². The average Bonchev–Trinajstić information content (AvgIpc) is 2.15. The topological polar surface area (TPSA) is 26.3 Å². The number of allylic oxidation sites excluding steroid dienone is 2. The second-order valence-electron chi connectivity index (χ2n) is 3.42. The maximum atomic E-state index is 10.6. The van der Waals surface area contributed by atoms with Gasteiger partial charge >= 0.3 is 5.97 Å². The van der Waals surface area contributed by atoms with Crippen LogP contribution in [0.15, 0.2) is 12.2 Å². The first kappa shape index (κ1) is 10.8. The molecule has 0 N–H and O–H groups in total. The van der Waals surface area contributed by atoms with Crippen LogP contribution in [0.1, 0.15) is 19.8 Å². The Balaban J connectivity index is 2.37. The van der Waals surface area contributed by atoms with Gasteiger partial charge in [0, 0.05) is 18.2 Å². The molecule has 1 aliphatic rings. The van der Waals surface area contributed by atoms with Crippen LogP contribution in [0.4, 0.5) is 0 Å². The second-order valence-corrected chi connectivity index (χ2v) is 4.07. The summed E-state index contributed by atoms with van der Waals surface area (Å²) in [5.41, 5.74) is 0. The number of rotatable bonds is 3. The molecule has 0 saturated heterocycles. The monoisotopic (exact) mass is 246 g/mol. The summed E-state index contributed by atoms with van der Waals surface area (Å²) in [7, 11) is 0. The van der Waals surface area contributed by atoms with Crippen LogP contribution in [0.3, 0.4) is 0 Å². The molecule has 0 bridgehead atoms. The highest BCUT2D eigenvalue weighted by Gasteiger charge is 2.22. The average molecular weight is 247 g/mol. The zero-order valence-corrected chi connectivity index (χ0v) is 9.42. The van der Waals surface area contributed by atoms with Crippen LogP contribution in [0, 0.1) is 11.8 Å². The van der Waals surface area contributed by atoms with Crippen LogP contribution >= 0.6 is 15.9 Å². The summed E-state index contributed by atoms with van der Waals surface area (Å²) >= 11 is 3.48. The van der Waals surface area contributed by atoms with Gasteiger partial charge in [-0.3, -0.25) is 4.79 Å². The number of alkyl halides is 1. The smallest absolute Gasteiger partial charge is 0.302 e. The Morgan fingerprint density at radius 1 is 1.46 bits per heavy atom. The van der Waals surface area contributed by atoms with E-state index >= 15 is 0 Å². The van der Waals surface area contributed by atoms with E-state index in [0.29, 0.717) is 18.4 Å². The molecule has 0 aromatic rings. The van der Waals surface area contributed by atoms with Gasteiger partial charge in [0.05, 0.1) is 6.61 Å². The molecule has 2 atom stereocenters. The zero-order valence-electron chi connectivity index (χ0n) is 7.83. The lowest BCUT2D eigenvalue weighted by molar-refractivity contribution is -0.142. The summed E-state index contributed by atoms with van der Waals surface area (Å²) in [5.74, 6) is 0.931. The minimum Gasteiger partial charge on any atom is -0.466 e. The molecule has 0 spiro atoms. The summed E-state index contributed by atoms with van der Waals surface area (Å²) < 4.78 is 5.02. The van der Waals surface area contributed by atoms with Crippen molar-refractivity contribution < 1.29 is 9.53 Å². The van der Waals surface area contributed by atoms with Gasteiger partial charge in [0.15, 0.2) is 0 Å². The highest BCUT2D eigenvalue weighted by Crippen LogP contribution is 2.27. The number of esters is 1. The predicted octanol–water partition coefficient (Wildman–Crippen LogP) is 2.53. The molecule has 0 amide bonds. The van der Waals surface area contributed by atoms with Gasteiger partial charge in [-0.25, -0.2) is 0 Å². The van der Waals surface area contributed by atoms with Crippen molar-refractivity contribution in [1.82, 2.24) is 0 Å². The Bertz CT molecular complexity index is 201. The molecule has 0 aliphatic heterocycles. The van der Waals surface area contributed by atoms with E-state index in [-0.39, 0.29) is 5.97 Å². The van der Waals surface area contributed by atoms with Crippen LogP contribution in [0.2, 0.25) is 0 Å². The van der Waals surface area contributed by atoms with Crippen molar-refractivity contribution >= 4 is 21.9 Å². The van der Waals surface area contributed by atoms with Gasteiger partial charge in [-0.15, -0.1) is 0 Å². The Hall–Kier alpha value is -0.310. The van der Waals surface area contributed by atoms with Crippen LogP contribution in [-0.4, -0.2) is 17.9 Å². The van der Waals surface area contributed by atoms with Crippen molar-refractivity contribution in [2.75, 3.05) is 11.9 Å². The van der Waals surface area contributed by atoms with Crippen LogP contribution in [0.5, 0.6) is 0 Å². The molecule has 0 saturated carbocycles. The number of hydrogen-bond donors (Lipinski definition) is 0. The molecular formula is C10H15BrO2. The fourth-order valence-electron chi connectivity index (χ4n) is 1.54. The molecule has 3 heteroatoms. The van der Waals surface area contributed by atoms with E-state index < -0.39 is 0 Å². The molecule has 0 radical (unpaired) electrons. The lowest BCUT2D eigenvalue weighted by Gasteiger charge is -2.26. The predicted molar refractivity (Wildman–Crippen MR) is 55.8 cm³/mol. The van der Waals surface area contributed by atoms with Crippen molar-refractivity contribution in [3.8, 4) is 0 Å². The van der Waals surface area contributed by atoms with Gasteiger partial charge in [-0.1, -0.05) is 28.1 Å². The molecule has 0 fully saturated rings. The third kappa shape index (κ3) is 3.51. The van der Waals surface area contributed by atoms with Gasteiger partial charge in [0.2, 0.25) is 0 Å². The maximum absolute atomic E-state index is 10.6. The largest absolute Gasteiger partial charge is 0.466 e. The standard InChI is InChI=1S/C10H15BrO2/c1-8(12)13-7-10-5-3-2-4-9(10)6-11/h2-3,9-10H,4-7H2,1H3. The first-order chi connectivity index (χ1) is 6.24. The SMILES string of the molecule is CC(=O)OCC1CC=CCC1CBr. The summed E-state index contributed by atoms with van der Waals surface area (Å²) in [6.07, 6.45) is 6.50. The Labute approximate surface area is 87.5 Å². The van der Waals surface area contributed by atoms with Crippen LogP contribution in [0.25, 0.3) is 0 Å². The molecule has 1 aliphatic carbocycles. The lowest BCUT2D eigenvalue weighted by Crippen LogP contribution is -2.23. The van der Waals surface area contributed by atoms with E-state index in [2.05, 4.69) is 28.1 Å². The quantitative estimate of drug-likeness (QED) is 0.435. The Morgan fingerprint density at radius 2 is 2.08 bits per heavy atom. The van der Waals surface area contributed by atoms with E-state index in [0.717, 1.165) is 18.2 Å². The fraction of sp³-hybridized carbons (Fsp3) is 0.700. The highest BCUT2D eigenvalue weighted by atomic mass is 79.9. The summed E-state index contributed by atoms with van der Waals surface area (Å²) in [5, 5.41) is 0.989. The van der Waals surface area contributed by atoms with Crippen LogP contribution < -0.4 is 0 Å². The van der Waals surface area contributed by atoms with E-state index in [1.165, 1.54) is 6.92 Å². The first-order valence-electron chi connectivity index (χ1n) is 4.58. The number of carbonyl (C=O) groups excluding carboxylic acids is 1. The molecule has 0 aromatic heterocycles. The summed E-state index contributed by atoms with van der Waals surface area (Å²) in [4.78, 5) is 10.6. The third-order valence-electron chi connectivity index (χ3n) is 2.41. The minimum absolute atomic E-state index is 0.178. The molecule has 0 aromatic carbocycles. The minimum atomic E-state index is -0.178. The van der Waals surface area contributed by atoms with E-state index in [1.54, 1.807) is 0 Å². The van der Waals surface area contributed by atoms with Crippen molar-refractivity contribution in [1.29, 1.82) is 0 Å². The fourth-order valence-corrected chi connectivity index (χ4v) is 2.34. The molecule has 1 rings (SSSR count). The summed E-state index contributed by atoms with van der Waals surface area (Å²) in [6, 6.07) is 0. The van der Waals surface area contributed by atoms with Crippen LogP contribution in [-0.2, 0) is 9.53 Å².